The van der Waals surface area contributed by atoms with Crippen LogP contribution in [0.25, 0.3) is 0 Å². The van der Waals surface area contributed by atoms with Gasteiger partial charge in [0.15, 0.2) is 11.5 Å². The Balaban J connectivity index is 1.67. The van der Waals surface area contributed by atoms with Crippen molar-refractivity contribution in [2.75, 3.05) is 27.3 Å². The van der Waals surface area contributed by atoms with Crippen molar-refractivity contribution < 1.29 is 23.9 Å². The molecule has 2 aliphatic rings. The maximum Gasteiger partial charge on any atom is 0.222 e. The molecule has 7 heteroatoms. The van der Waals surface area contributed by atoms with Crippen LogP contribution in [0, 0.1) is 5.92 Å². The van der Waals surface area contributed by atoms with Crippen LogP contribution in [0.4, 0.5) is 0 Å². The average molecular weight is 431 g/mol. The first-order valence-corrected chi connectivity index (χ1v) is 11.2. The molecule has 2 saturated heterocycles. The molecule has 1 N–H and O–H groups in total. The van der Waals surface area contributed by atoms with Gasteiger partial charge in [-0.1, -0.05) is 13.0 Å². The molecule has 2 aliphatic heterocycles. The lowest BCUT2D eigenvalue weighted by Gasteiger charge is -2.34. The zero-order chi connectivity index (χ0) is 22.4. The summed E-state index contributed by atoms with van der Waals surface area (Å²) in [7, 11) is 3.20. The third kappa shape index (κ3) is 5.57. The smallest absolute Gasteiger partial charge is 0.222 e. The highest BCUT2D eigenvalue weighted by molar-refractivity contribution is 5.83. The molecular weight excluding hydrogens is 396 g/mol. The van der Waals surface area contributed by atoms with Gasteiger partial charge in [0.2, 0.25) is 11.8 Å². The molecular formula is C24H34N2O5. The van der Waals surface area contributed by atoms with Crippen LogP contribution in [0.1, 0.15) is 57.4 Å². The number of Topliss-reactive ketones (excluding diaryl/α,β-unsaturated/α-hetero) is 1. The van der Waals surface area contributed by atoms with Crippen molar-refractivity contribution in [2.45, 2.75) is 63.8 Å². The zero-order valence-electron chi connectivity index (χ0n) is 18.9. The molecule has 31 heavy (non-hydrogen) atoms. The van der Waals surface area contributed by atoms with Crippen molar-refractivity contribution in [2.24, 2.45) is 5.92 Å². The number of carbonyl (C=O) groups is 3. The summed E-state index contributed by atoms with van der Waals surface area (Å²) in [6.45, 7) is 3.12. The van der Waals surface area contributed by atoms with Crippen LogP contribution in [0.15, 0.2) is 18.2 Å². The number of ether oxygens (including phenoxy) is 2. The Morgan fingerprint density at radius 1 is 1.23 bits per heavy atom. The third-order valence-electron chi connectivity index (χ3n) is 6.62. The second kappa shape index (κ2) is 10.2. The molecule has 0 bridgehead atoms. The highest BCUT2D eigenvalue weighted by Gasteiger charge is 2.39. The molecule has 0 unspecified atom stereocenters. The predicted octanol–water partition coefficient (Wildman–Crippen LogP) is 2.89. The third-order valence-corrected chi connectivity index (χ3v) is 6.62. The van der Waals surface area contributed by atoms with Gasteiger partial charge < -0.3 is 19.7 Å². The molecule has 170 valence electrons. The molecule has 0 spiro atoms. The first kappa shape index (κ1) is 23.1. The molecule has 2 fully saturated rings. The van der Waals surface area contributed by atoms with Crippen LogP contribution in [0.5, 0.6) is 11.5 Å². The number of carbonyl (C=O) groups excluding carboxylic acids is 3. The fraction of sp³-hybridized carbons (Fsp3) is 0.625. The lowest BCUT2D eigenvalue weighted by atomic mass is 9.84. The van der Waals surface area contributed by atoms with E-state index in [-0.39, 0.29) is 23.5 Å². The van der Waals surface area contributed by atoms with Gasteiger partial charge >= 0.3 is 0 Å². The maximum atomic E-state index is 12.9. The van der Waals surface area contributed by atoms with E-state index in [0.717, 1.165) is 18.4 Å². The van der Waals surface area contributed by atoms with Gasteiger partial charge in [0.1, 0.15) is 5.78 Å². The van der Waals surface area contributed by atoms with Gasteiger partial charge in [0.25, 0.3) is 0 Å². The van der Waals surface area contributed by atoms with Gasteiger partial charge in [0.05, 0.1) is 14.2 Å². The number of nitrogens with one attached hydrogen (secondary N) is 1. The predicted molar refractivity (Wildman–Crippen MR) is 117 cm³/mol. The van der Waals surface area contributed by atoms with Crippen molar-refractivity contribution in [1.29, 1.82) is 0 Å². The lowest BCUT2D eigenvalue weighted by Crippen LogP contribution is -2.46. The minimum atomic E-state index is -0.444. The second-order valence-electron chi connectivity index (χ2n) is 8.69. The van der Waals surface area contributed by atoms with E-state index in [4.69, 9.17) is 9.47 Å². The average Bonchev–Trinajstić information content (AvgIpc) is 3.17. The summed E-state index contributed by atoms with van der Waals surface area (Å²) in [6, 6.07) is 5.77. The Morgan fingerprint density at radius 2 is 2.00 bits per heavy atom. The summed E-state index contributed by atoms with van der Waals surface area (Å²) < 4.78 is 10.7. The number of ketones is 1. The molecule has 3 rings (SSSR count). The first-order valence-electron chi connectivity index (χ1n) is 11.2. The summed E-state index contributed by atoms with van der Waals surface area (Å²) in [4.78, 5) is 38.9. The van der Waals surface area contributed by atoms with Gasteiger partial charge in [-0.15, -0.1) is 0 Å². The second-order valence-corrected chi connectivity index (χ2v) is 8.69. The molecule has 1 aromatic rings. The van der Waals surface area contributed by atoms with Crippen molar-refractivity contribution >= 4 is 17.6 Å². The topological polar surface area (TPSA) is 84.9 Å². The molecule has 0 radical (unpaired) electrons. The van der Waals surface area contributed by atoms with E-state index in [0.29, 0.717) is 63.1 Å². The van der Waals surface area contributed by atoms with Crippen LogP contribution in [-0.4, -0.2) is 55.3 Å². The number of piperidine rings is 1. The highest BCUT2D eigenvalue weighted by Crippen LogP contribution is 2.34. The maximum absolute atomic E-state index is 12.9. The van der Waals surface area contributed by atoms with Gasteiger partial charge in [-0.05, 0) is 49.8 Å². The zero-order valence-corrected chi connectivity index (χ0v) is 18.9. The van der Waals surface area contributed by atoms with Gasteiger partial charge in [-0.25, -0.2) is 0 Å². The van der Waals surface area contributed by atoms with Crippen molar-refractivity contribution in [3.63, 3.8) is 0 Å². The summed E-state index contributed by atoms with van der Waals surface area (Å²) in [5.74, 6) is 1.61. The fourth-order valence-corrected chi connectivity index (χ4v) is 4.82. The summed E-state index contributed by atoms with van der Waals surface area (Å²) >= 11 is 0. The summed E-state index contributed by atoms with van der Waals surface area (Å²) in [5.41, 5.74) is 0.583. The van der Waals surface area contributed by atoms with E-state index in [9.17, 15) is 14.4 Å². The van der Waals surface area contributed by atoms with Gasteiger partial charge in [-0.3, -0.25) is 14.4 Å². The number of methoxy groups -OCH3 is 2. The van der Waals surface area contributed by atoms with Crippen LogP contribution < -0.4 is 14.8 Å². The van der Waals surface area contributed by atoms with E-state index in [1.165, 1.54) is 0 Å². The molecule has 0 aromatic heterocycles. The van der Waals surface area contributed by atoms with E-state index in [2.05, 4.69) is 5.32 Å². The number of hydrogen-bond acceptors (Lipinski definition) is 5. The Labute approximate surface area is 184 Å². The monoisotopic (exact) mass is 430 g/mol. The molecule has 1 aromatic carbocycles. The quantitative estimate of drug-likeness (QED) is 0.651. The number of nitrogens with zero attached hydrogens (tertiary/aromatic N) is 1. The SMILES string of the molecule is CCC(=O)[C@@H]1CCCN(C(=O)CC[C@]2(Cc3ccc(OC)c(OC)c3)CCC(=O)N2)C1. The number of hydrogen-bond donors (Lipinski definition) is 1. The number of likely N-dealkylation sites (tertiary alicyclic amines) is 1. The minimum Gasteiger partial charge on any atom is -0.493 e. The highest BCUT2D eigenvalue weighted by atomic mass is 16.5. The standard InChI is InChI=1S/C24H34N2O5/c1-4-19(27)18-6-5-13-26(16-18)23(29)10-12-24(11-9-22(28)25-24)15-17-7-8-20(30-2)21(14-17)31-3/h7-8,14,18H,4-6,9-13,15-16H2,1-3H3,(H,25,28)/t18-,24+/m1/s1. The Morgan fingerprint density at radius 3 is 2.65 bits per heavy atom. The van der Waals surface area contributed by atoms with Crippen LogP contribution in [-0.2, 0) is 20.8 Å². The van der Waals surface area contributed by atoms with Crippen molar-refractivity contribution in [3.8, 4) is 11.5 Å². The minimum absolute atomic E-state index is 0.0273. The molecule has 0 saturated carbocycles. The van der Waals surface area contributed by atoms with Gasteiger partial charge in [0, 0.05) is 43.8 Å². The summed E-state index contributed by atoms with van der Waals surface area (Å²) in [6.07, 6.45) is 5.00. The number of amides is 2. The molecule has 2 amide bonds. The van der Waals surface area contributed by atoms with E-state index >= 15 is 0 Å². The van der Waals surface area contributed by atoms with Crippen molar-refractivity contribution in [1.82, 2.24) is 10.2 Å². The number of benzene rings is 1. The Kier molecular flexibility index (Phi) is 7.57. The molecule has 7 nitrogen and oxygen atoms in total. The van der Waals surface area contributed by atoms with E-state index in [1.807, 2.05) is 30.0 Å². The largest absolute Gasteiger partial charge is 0.493 e. The Bertz CT molecular complexity index is 824. The first-order chi connectivity index (χ1) is 14.9. The normalized spacial score (nSPS) is 23.4. The molecule has 2 atom stereocenters. The Hall–Kier alpha value is -2.57. The molecule has 0 aliphatic carbocycles. The van der Waals surface area contributed by atoms with Crippen LogP contribution >= 0.6 is 0 Å². The van der Waals surface area contributed by atoms with Crippen LogP contribution in [0.3, 0.4) is 0 Å². The van der Waals surface area contributed by atoms with E-state index in [1.54, 1.807) is 14.2 Å². The summed E-state index contributed by atoms with van der Waals surface area (Å²) in [5, 5.41) is 3.14. The van der Waals surface area contributed by atoms with Crippen LogP contribution in [0.2, 0.25) is 0 Å². The number of rotatable bonds is 9. The molecule has 2 heterocycles. The lowest BCUT2D eigenvalue weighted by molar-refractivity contribution is -0.135. The van der Waals surface area contributed by atoms with E-state index < -0.39 is 5.54 Å². The fourth-order valence-electron chi connectivity index (χ4n) is 4.82. The van der Waals surface area contributed by atoms with Crippen molar-refractivity contribution in [3.05, 3.63) is 23.8 Å². The van der Waals surface area contributed by atoms with Gasteiger partial charge in [-0.2, -0.15) is 0 Å².